The third kappa shape index (κ3) is 3.39. The minimum Gasteiger partial charge on any atom is -0.293 e. The highest BCUT2D eigenvalue weighted by Crippen LogP contribution is 1.86. The molecule has 0 unspecified atom stereocenters. The first-order valence-corrected chi connectivity index (χ1v) is 2.02. The molecule has 4 nitrogen and oxygen atoms in total. The molecule has 0 radical (unpaired) electrons. The molecule has 0 aliphatic carbocycles. The van der Waals surface area contributed by atoms with Gasteiger partial charge in [-0.2, -0.15) is 0 Å². The Bertz CT molecular complexity index is 135. The maximum atomic E-state index is 11.2. The van der Waals surface area contributed by atoms with Crippen molar-refractivity contribution >= 4 is 11.9 Å². The maximum Gasteiger partial charge on any atom is 0.261 e. The zero-order valence-corrected chi connectivity index (χ0v) is 4.61. The molecule has 0 aromatic carbocycles. The van der Waals surface area contributed by atoms with Gasteiger partial charge in [-0.15, -0.1) is 0 Å². The van der Waals surface area contributed by atoms with Crippen LogP contribution in [0.2, 0.25) is 0 Å². The van der Waals surface area contributed by atoms with Crippen molar-refractivity contribution in [1.29, 1.82) is 5.41 Å². The summed E-state index contributed by atoms with van der Waals surface area (Å²) in [6.45, 7) is 1.04. The summed E-state index contributed by atoms with van der Waals surface area (Å²) >= 11 is 0. The zero-order valence-electron chi connectivity index (χ0n) is 4.61. The Kier molecular flexibility index (Phi) is 2.56. The highest BCUT2D eigenvalue weighted by molar-refractivity contribution is 5.93. The molecule has 0 bridgehead atoms. The van der Waals surface area contributed by atoms with Crippen LogP contribution in [0.4, 0.5) is 8.96 Å². The topological polar surface area (TPSA) is 56.2 Å². The van der Waals surface area contributed by atoms with Crippen LogP contribution < -0.4 is 5.32 Å². The monoisotopic (exact) mass is 137 g/mol. The van der Waals surface area contributed by atoms with Crippen molar-refractivity contribution in [3.8, 4) is 0 Å². The summed E-state index contributed by atoms with van der Waals surface area (Å²) in [5, 5.41) is 6.40. The largest absolute Gasteiger partial charge is 0.293 e. The quantitative estimate of drug-likeness (QED) is 0.283. The fourth-order valence-electron chi connectivity index (χ4n) is 0.209. The van der Waals surface area contributed by atoms with Crippen LogP contribution in [0.15, 0.2) is 0 Å². The van der Waals surface area contributed by atoms with E-state index >= 15 is 0 Å². The van der Waals surface area contributed by atoms with E-state index in [1.54, 1.807) is 5.32 Å². The SMILES string of the molecule is CC(=O)NC(=N)N(F)F. The van der Waals surface area contributed by atoms with Gasteiger partial charge in [-0.25, -0.2) is 0 Å². The molecular weight excluding hydrogens is 132 g/mol. The summed E-state index contributed by atoms with van der Waals surface area (Å²) < 4.78 is 22.4. The van der Waals surface area contributed by atoms with Gasteiger partial charge in [-0.3, -0.25) is 15.5 Å². The van der Waals surface area contributed by atoms with Crippen LogP contribution >= 0.6 is 0 Å². The van der Waals surface area contributed by atoms with E-state index in [0.717, 1.165) is 6.92 Å². The number of carbonyl (C=O) groups excluding carboxylic acids is 1. The molecule has 0 saturated heterocycles. The normalized spacial score (nSPS) is 8.33. The summed E-state index contributed by atoms with van der Waals surface area (Å²) in [5.74, 6) is -1.91. The second-order valence-corrected chi connectivity index (χ2v) is 1.26. The predicted octanol–water partition coefficient (Wildman–Crippen LogP) is 0.128. The first kappa shape index (κ1) is 7.80. The first-order valence-electron chi connectivity index (χ1n) is 2.02. The lowest BCUT2D eigenvalue weighted by atomic mass is 10.7. The van der Waals surface area contributed by atoms with E-state index in [2.05, 4.69) is 0 Å². The fraction of sp³-hybridized carbons (Fsp3) is 0.333. The number of halogens is 2. The van der Waals surface area contributed by atoms with E-state index < -0.39 is 17.2 Å². The molecule has 6 heteroatoms. The minimum atomic E-state index is -1.48. The Morgan fingerprint density at radius 1 is 1.67 bits per heavy atom. The van der Waals surface area contributed by atoms with Gasteiger partial charge in [0, 0.05) is 6.92 Å². The number of amides is 1. The minimum absolute atomic E-state index is 0.694. The van der Waals surface area contributed by atoms with Crippen LogP contribution in [0.1, 0.15) is 6.92 Å². The first-order chi connectivity index (χ1) is 4.04. The van der Waals surface area contributed by atoms with E-state index in [-0.39, 0.29) is 0 Å². The van der Waals surface area contributed by atoms with Gasteiger partial charge in [0.05, 0.1) is 0 Å². The molecule has 0 rings (SSSR count). The zero-order chi connectivity index (χ0) is 7.44. The predicted molar refractivity (Wildman–Crippen MR) is 25.6 cm³/mol. The van der Waals surface area contributed by atoms with Gasteiger partial charge < -0.3 is 0 Å². The number of nitrogens with zero attached hydrogens (tertiary/aromatic N) is 1. The van der Waals surface area contributed by atoms with Crippen molar-refractivity contribution in [1.82, 2.24) is 10.7 Å². The van der Waals surface area contributed by atoms with E-state index in [0.29, 0.717) is 0 Å². The summed E-state index contributed by atoms with van der Waals surface area (Å²) in [7, 11) is 0. The van der Waals surface area contributed by atoms with Gasteiger partial charge in [0.1, 0.15) is 0 Å². The lowest BCUT2D eigenvalue weighted by Crippen LogP contribution is -2.34. The van der Waals surface area contributed by atoms with Crippen LogP contribution in [0.3, 0.4) is 0 Å². The van der Waals surface area contributed by atoms with Crippen molar-refractivity contribution in [2.45, 2.75) is 6.92 Å². The van der Waals surface area contributed by atoms with Crippen LogP contribution in [-0.2, 0) is 4.79 Å². The number of guanidine groups is 1. The van der Waals surface area contributed by atoms with E-state index in [1.807, 2.05) is 0 Å². The van der Waals surface area contributed by atoms with Gasteiger partial charge in [0.25, 0.3) is 5.96 Å². The molecule has 0 aliphatic heterocycles. The highest BCUT2D eigenvalue weighted by Gasteiger charge is 2.06. The van der Waals surface area contributed by atoms with Gasteiger partial charge >= 0.3 is 0 Å². The van der Waals surface area contributed by atoms with Crippen molar-refractivity contribution < 1.29 is 13.8 Å². The molecule has 52 valence electrons. The Morgan fingerprint density at radius 2 is 2.11 bits per heavy atom. The second-order valence-electron chi connectivity index (χ2n) is 1.26. The molecule has 9 heavy (non-hydrogen) atoms. The molecule has 0 saturated carbocycles. The van der Waals surface area contributed by atoms with Gasteiger partial charge in [0.2, 0.25) is 5.91 Å². The Morgan fingerprint density at radius 3 is 2.22 bits per heavy atom. The molecular formula is C3H5F2N3O. The number of carbonyl (C=O) groups is 1. The van der Waals surface area contributed by atoms with Crippen LogP contribution in [-0.4, -0.2) is 17.2 Å². The molecule has 0 aromatic heterocycles. The molecule has 1 amide bonds. The summed E-state index contributed by atoms with van der Waals surface area (Å²) in [4.78, 5) is 9.95. The van der Waals surface area contributed by atoms with Crippen molar-refractivity contribution in [2.24, 2.45) is 0 Å². The fourth-order valence-corrected chi connectivity index (χ4v) is 0.209. The van der Waals surface area contributed by atoms with Crippen LogP contribution in [0, 0.1) is 5.41 Å². The van der Waals surface area contributed by atoms with Crippen molar-refractivity contribution in [3.63, 3.8) is 0 Å². The molecule has 0 aliphatic rings. The number of nitrogens with one attached hydrogen (secondary N) is 2. The Balaban J connectivity index is 3.64. The van der Waals surface area contributed by atoms with Gasteiger partial charge in [-0.1, -0.05) is 8.96 Å². The van der Waals surface area contributed by atoms with E-state index in [1.165, 1.54) is 0 Å². The third-order valence-electron chi connectivity index (χ3n) is 0.463. The van der Waals surface area contributed by atoms with Crippen LogP contribution in [0.25, 0.3) is 0 Å². The lowest BCUT2D eigenvalue weighted by Gasteiger charge is -2.01. The smallest absolute Gasteiger partial charge is 0.261 e. The van der Waals surface area contributed by atoms with Crippen LogP contribution in [0.5, 0.6) is 0 Å². The molecule has 0 fully saturated rings. The average Bonchev–Trinajstić information content (AvgIpc) is 1.63. The second kappa shape index (κ2) is 2.95. The summed E-state index contributed by atoms with van der Waals surface area (Å²) in [5.41, 5.74) is 0. The Labute approximate surface area is 49.8 Å². The highest BCUT2D eigenvalue weighted by atomic mass is 19.4. The maximum absolute atomic E-state index is 11.2. The summed E-state index contributed by atoms with van der Waals surface area (Å²) in [6.07, 6.45) is 0. The number of hydrogen-bond donors (Lipinski definition) is 2. The van der Waals surface area contributed by atoms with Gasteiger partial charge in [0.15, 0.2) is 0 Å². The Hall–Kier alpha value is -1.20. The van der Waals surface area contributed by atoms with Crippen molar-refractivity contribution in [3.05, 3.63) is 0 Å². The average molecular weight is 137 g/mol. The third-order valence-corrected chi connectivity index (χ3v) is 0.463. The molecule has 0 aromatic rings. The molecule has 0 heterocycles. The summed E-state index contributed by atoms with van der Waals surface area (Å²) in [6, 6.07) is 0. The van der Waals surface area contributed by atoms with Crippen molar-refractivity contribution in [2.75, 3.05) is 0 Å². The standard InChI is InChI=1S/C3H5F2N3O/c1-2(9)7-3(6)8(4)5/h1H3,(H2,6,7,9). The molecule has 2 N–H and O–H groups in total. The van der Waals surface area contributed by atoms with E-state index in [4.69, 9.17) is 5.41 Å². The number of rotatable bonds is 0. The molecule has 0 atom stereocenters. The van der Waals surface area contributed by atoms with Gasteiger partial charge in [-0.05, 0) is 5.34 Å². The van der Waals surface area contributed by atoms with E-state index in [9.17, 15) is 13.8 Å². The molecule has 0 spiro atoms. The number of hydrogen-bond acceptors (Lipinski definition) is 2. The lowest BCUT2D eigenvalue weighted by molar-refractivity contribution is -0.120.